The lowest BCUT2D eigenvalue weighted by molar-refractivity contribution is 1.13. The zero-order valence-corrected chi connectivity index (χ0v) is 11.2. The summed E-state index contributed by atoms with van der Waals surface area (Å²) in [5, 5.41) is 0.840. The quantitative estimate of drug-likeness (QED) is 0.913. The molecule has 0 aliphatic carbocycles. The van der Waals surface area contributed by atoms with Gasteiger partial charge in [-0.15, -0.1) is 0 Å². The van der Waals surface area contributed by atoms with Crippen molar-refractivity contribution in [3.63, 3.8) is 0 Å². The fourth-order valence-electron chi connectivity index (χ4n) is 1.25. The van der Waals surface area contributed by atoms with Gasteiger partial charge in [0.2, 0.25) is 0 Å². The van der Waals surface area contributed by atoms with E-state index in [0.717, 1.165) is 14.4 Å². The molecule has 16 heavy (non-hydrogen) atoms. The summed E-state index contributed by atoms with van der Waals surface area (Å²) < 4.78 is 0.901. The lowest BCUT2D eigenvalue weighted by atomic mass is 10.2. The molecule has 0 spiro atoms. The molecule has 0 unspecified atom stereocenters. The molecule has 0 bridgehead atoms. The number of hydrogen-bond acceptors (Lipinski definition) is 3. The van der Waals surface area contributed by atoms with Gasteiger partial charge in [0.15, 0.2) is 0 Å². The van der Waals surface area contributed by atoms with E-state index >= 15 is 0 Å². The number of benzene rings is 1. The number of aryl methyl sites for hydroxylation is 1. The standard InChI is InChI=1S/C12H11BrN2S/c1-8-2-4-10(5-3-8)16-12-11(14)6-9(13)7-15-12/h2-7H,14H2,1H3. The highest BCUT2D eigenvalue weighted by Gasteiger charge is 2.03. The third kappa shape index (κ3) is 2.77. The summed E-state index contributed by atoms with van der Waals surface area (Å²) >= 11 is 4.91. The number of rotatable bonds is 2. The lowest BCUT2D eigenvalue weighted by Crippen LogP contribution is -1.91. The van der Waals surface area contributed by atoms with E-state index in [1.54, 1.807) is 18.0 Å². The van der Waals surface area contributed by atoms with Crippen molar-refractivity contribution >= 4 is 33.4 Å². The van der Waals surface area contributed by atoms with Gasteiger partial charge < -0.3 is 5.73 Å². The van der Waals surface area contributed by atoms with E-state index in [0.29, 0.717) is 5.69 Å². The zero-order valence-electron chi connectivity index (χ0n) is 8.77. The number of nitrogen functional groups attached to an aromatic ring is 1. The minimum atomic E-state index is 0.694. The fourth-order valence-corrected chi connectivity index (χ4v) is 2.37. The minimum absolute atomic E-state index is 0.694. The maximum absolute atomic E-state index is 5.89. The van der Waals surface area contributed by atoms with Gasteiger partial charge in [-0.25, -0.2) is 4.98 Å². The minimum Gasteiger partial charge on any atom is -0.397 e. The molecule has 0 amide bonds. The molecule has 2 aromatic rings. The van der Waals surface area contributed by atoms with Crippen LogP contribution in [-0.4, -0.2) is 4.98 Å². The van der Waals surface area contributed by atoms with Gasteiger partial charge in [-0.05, 0) is 41.1 Å². The Morgan fingerprint density at radius 3 is 2.56 bits per heavy atom. The Morgan fingerprint density at radius 2 is 1.94 bits per heavy atom. The smallest absolute Gasteiger partial charge is 0.124 e. The van der Waals surface area contributed by atoms with Crippen LogP contribution in [0.4, 0.5) is 5.69 Å². The van der Waals surface area contributed by atoms with E-state index in [1.807, 2.05) is 6.07 Å². The maximum atomic E-state index is 5.89. The van der Waals surface area contributed by atoms with Gasteiger partial charge in [0.1, 0.15) is 5.03 Å². The maximum Gasteiger partial charge on any atom is 0.124 e. The number of nitrogens with two attached hydrogens (primary N) is 1. The van der Waals surface area contributed by atoms with Crippen molar-refractivity contribution in [2.24, 2.45) is 0 Å². The molecule has 0 saturated heterocycles. The Labute approximate surface area is 107 Å². The number of pyridine rings is 1. The van der Waals surface area contributed by atoms with Gasteiger partial charge >= 0.3 is 0 Å². The summed E-state index contributed by atoms with van der Waals surface area (Å²) in [7, 11) is 0. The molecule has 0 fully saturated rings. The highest BCUT2D eigenvalue weighted by atomic mass is 79.9. The third-order valence-electron chi connectivity index (χ3n) is 2.08. The molecular weight excluding hydrogens is 284 g/mol. The molecule has 1 aromatic carbocycles. The molecule has 0 atom stereocenters. The number of nitrogens with zero attached hydrogens (tertiary/aromatic N) is 1. The largest absolute Gasteiger partial charge is 0.397 e. The van der Waals surface area contributed by atoms with E-state index in [1.165, 1.54) is 5.56 Å². The predicted molar refractivity (Wildman–Crippen MR) is 71.7 cm³/mol. The molecule has 82 valence electrons. The first-order valence-electron chi connectivity index (χ1n) is 4.81. The molecule has 0 aliphatic rings. The summed E-state index contributed by atoms with van der Waals surface area (Å²) in [4.78, 5) is 5.43. The third-order valence-corrected chi connectivity index (χ3v) is 3.56. The van der Waals surface area contributed by atoms with Crippen LogP contribution in [0.5, 0.6) is 0 Å². The van der Waals surface area contributed by atoms with Crippen LogP contribution >= 0.6 is 27.7 Å². The fraction of sp³-hybridized carbons (Fsp3) is 0.0833. The molecule has 2 nitrogen and oxygen atoms in total. The normalized spacial score (nSPS) is 10.4. The average Bonchev–Trinajstić information content (AvgIpc) is 2.25. The highest BCUT2D eigenvalue weighted by molar-refractivity contribution is 9.10. The molecule has 0 saturated carbocycles. The van der Waals surface area contributed by atoms with Crippen molar-refractivity contribution < 1.29 is 0 Å². The number of anilines is 1. The zero-order chi connectivity index (χ0) is 11.5. The van der Waals surface area contributed by atoms with Crippen LogP contribution in [0.25, 0.3) is 0 Å². The Hall–Kier alpha value is -1.00. The lowest BCUT2D eigenvalue weighted by Gasteiger charge is -2.04. The van der Waals surface area contributed by atoms with E-state index in [9.17, 15) is 0 Å². The first-order valence-corrected chi connectivity index (χ1v) is 6.41. The number of aromatic nitrogens is 1. The second kappa shape index (κ2) is 4.89. The van der Waals surface area contributed by atoms with Crippen LogP contribution in [0, 0.1) is 6.92 Å². The second-order valence-corrected chi connectivity index (χ2v) is 5.44. The first kappa shape index (κ1) is 11.5. The Morgan fingerprint density at radius 1 is 1.25 bits per heavy atom. The summed E-state index contributed by atoms with van der Waals surface area (Å²) in [6.07, 6.45) is 1.76. The van der Waals surface area contributed by atoms with Crippen molar-refractivity contribution in [2.45, 2.75) is 16.8 Å². The van der Waals surface area contributed by atoms with Crippen LogP contribution in [-0.2, 0) is 0 Å². The molecule has 2 rings (SSSR count). The summed E-state index contributed by atoms with van der Waals surface area (Å²) in [5.41, 5.74) is 7.83. The first-order chi connectivity index (χ1) is 7.65. The van der Waals surface area contributed by atoms with Crippen LogP contribution in [0.3, 0.4) is 0 Å². The Bertz CT molecular complexity index is 497. The molecule has 2 N–H and O–H groups in total. The molecule has 0 radical (unpaired) electrons. The Kier molecular flexibility index (Phi) is 3.51. The van der Waals surface area contributed by atoms with Gasteiger partial charge in [-0.2, -0.15) is 0 Å². The van der Waals surface area contributed by atoms with Gasteiger partial charge in [0.25, 0.3) is 0 Å². The van der Waals surface area contributed by atoms with Crippen LogP contribution < -0.4 is 5.73 Å². The summed E-state index contributed by atoms with van der Waals surface area (Å²) in [6.45, 7) is 2.07. The monoisotopic (exact) mass is 294 g/mol. The SMILES string of the molecule is Cc1ccc(Sc2ncc(Br)cc2N)cc1. The molecular formula is C12H11BrN2S. The molecule has 1 heterocycles. The van der Waals surface area contributed by atoms with Crippen molar-refractivity contribution in [1.82, 2.24) is 4.98 Å². The topological polar surface area (TPSA) is 38.9 Å². The van der Waals surface area contributed by atoms with Crippen molar-refractivity contribution in [3.05, 3.63) is 46.6 Å². The van der Waals surface area contributed by atoms with E-state index < -0.39 is 0 Å². The second-order valence-electron chi connectivity index (χ2n) is 3.46. The molecule has 0 aliphatic heterocycles. The summed E-state index contributed by atoms with van der Waals surface area (Å²) in [6, 6.07) is 10.2. The summed E-state index contributed by atoms with van der Waals surface area (Å²) in [5.74, 6) is 0. The van der Waals surface area contributed by atoms with Gasteiger partial charge in [-0.1, -0.05) is 29.5 Å². The number of hydrogen-bond donors (Lipinski definition) is 1. The van der Waals surface area contributed by atoms with E-state index in [2.05, 4.69) is 52.1 Å². The van der Waals surface area contributed by atoms with Crippen LogP contribution in [0.2, 0.25) is 0 Å². The van der Waals surface area contributed by atoms with Crippen LogP contribution in [0.1, 0.15) is 5.56 Å². The van der Waals surface area contributed by atoms with E-state index in [4.69, 9.17) is 5.73 Å². The van der Waals surface area contributed by atoms with E-state index in [-0.39, 0.29) is 0 Å². The van der Waals surface area contributed by atoms with Crippen molar-refractivity contribution in [2.75, 3.05) is 5.73 Å². The van der Waals surface area contributed by atoms with Crippen molar-refractivity contribution in [1.29, 1.82) is 0 Å². The average molecular weight is 295 g/mol. The molecule has 4 heteroatoms. The number of halogens is 1. The molecule has 1 aromatic heterocycles. The van der Waals surface area contributed by atoms with Gasteiger partial charge in [-0.3, -0.25) is 0 Å². The van der Waals surface area contributed by atoms with Crippen molar-refractivity contribution in [3.8, 4) is 0 Å². The van der Waals surface area contributed by atoms with Crippen LogP contribution in [0.15, 0.2) is 50.9 Å². The Balaban J connectivity index is 2.23. The highest BCUT2D eigenvalue weighted by Crippen LogP contribution is 2.31. The van der Waals surface area contributed by atoms with Gasteiger partial charge in [0, 0.05) is 15.6 Å². The predicted octanol–water partition coefficient (Wildman–Crippen LogP) is 3.89. The van der Waals surface area contributed by atoms with Gasteiger partial charge in [0.05, 0.1) is 5.69 Å².